The number of anilines is 1. The minimum atomic E-state index is -0.491. The van der Waals surface area contributed by atoms with Gasteiger partial charge in [-0.3, -0.25) is 0 Å². The fourth-order valence-corrected chi connectivity index (χ4v) is 1.40. The summed E-state index contributed by atoms with van der Waals surface area (Å²) >= 11 is 0. The van der Waals surface area contributed by atoms with Crippen molar-refractivity contribution < 1.29 is 14.3 Å². The molecule has 1 rings (SSSR count). The third kappa shape index (κ3) is 5.99. The second-order valence-corrected chi connectivity index (χ2v) is 5.30. The molecule has 1 aromatic rings. The minimum Gasteiger partial charge on any atom is -0.491 e. The van der Waals surface area contributed by atoms with Crippen LogP contribution in [0.15, 0.2) is 18.2 Å². The zero-order valence-electron chi connectivity index (χ0n) is 11.9. The minimum absolute atomic E-state index is 0.365. The van der Waals surface area contributed by atoms with E-state index in [1.54, 1.807) is 6.07 Å². The number of benzene rings is 1. The van der Waals surface area contributed by atoms with Gasteiger partial charge in [0.05, 0.1) is 6.54 Å². The first kappa shape index (κ1) is 15.1. The first-order valence-electron chi connectivity index (χ1n) is 6.24. The van der Waals surface area contributed by atoms with Crippen LogP contribution in [0, 0.1) is 6.92 Å². The molecule has 5 nitrogen and oxygen atoms in total. The number of hydrogen-bond donors (Lipinski definition) is 2. The predicted molar refractivity (Wildman–Crippen MR) is 75.3 cm³/mol. The number of carbonyl (C=O) groups is 1. The van der Waals surface area contributed by atoms with Gasteiger partial charge in [-0.25, -0.2) is 4.79 Å². The number of amides is 1. The lowest BCUT2D eigenvalue weighted by atomic mass is 10.2. The fraction of sp³-hybridized carbons (Fsp3) is 0.500. The summed E-state index contributed by atoms with van der Waals surface area (Å²) in [5.74, 6) is 0.728. The number of rotatable bonds is 4. The lowest BCUT2D eigenvalue weighted by Gasteiger charge is -2.19. The Morgan fingerprint density at radius 3 is 2.68 bits per heavy atom. The summed E-state index contributed by atoms with van der Waals surface area (Å²) in [5, 5.41) is 2.63. The van der Waals surface area contributed by atoms with Gasteiger partial charge in [-0.15, -0.1) is 0 Å². The van der Waals surface area contributed by atoms with Crippen molar-refractivity contribution in [2.75, 3.05) is 18.9 Å². The maximum Gasteiger partial charge on any atom is 0.407 e. The van der Waals surface area contributed by atoms with Gasteiger partial charge >= 0.3 is 6.09 Å². The molecule has 0 saturated heterocycles. The molecule has 1 amide bonds. The normalized spacial score (nSPS) is 10.9. The van der Waals surface area contributed by atoms with Gasteiger partial charge in [0.2, 0.25) is 0 Å². The Labute approximate surface area is 114 Å². The molecule has 1 aromatic carbocycles. The molecule has 0 radical (unpaired) electrons. The Kier molecular flexibility index (Phi) is 5.03. The van der Waals surface area contributed by atoms with Crippen molar-refractivity contribution in [3.63, 3.8) is 0 Å². The van der Waals surface area contributed by atoms with Gasteiger partial charge < -0.3 is 20.5 Å². The molecule has 106 valence electrons. The van der Waals surface area contributed by atoms with Crippen LogP contribution in [0.2, 0.25) is 0 Å². The molecule has 0 saturated carbocycles. The Morgan fingerprint density at radius 1 is 1.37 bits per heavy atom. The van der Waals surface area contributed by atoms with E-state index in [9.17, 15) is 4.79 Å². The maximum atomic E-state index is 11.4. The molecule has 3 N–H and O–H groups in total. The lowest BCUT2D eigenvalue weighted by molar-refractivity contribution is 0.0520. The van der Waals surface area contributed by atoms with Crippen molar-refractivity contribution >= 4 is 11.8 Å². The SMILES string of the molecule is Cc1ccc(N)cc1OCCNC(=O)OC(C)(C)C. The lowest BCUT2D eigenvalue weighted by Crippen LogP contribution is -2.34. The number of carbonyl (C=O) groups excluding carboxylic acids is 1. The van der Waals surface area contributed by atoms with E-state index in [0.717, 1.165) is 11.3 Å². The fourth-order valence-electron chi connectivity index (χ4n) is 1.40. The Hall–Kier alpha value is -1.91. The molecule has 0 spiro atoms. The Balaban J connectivity index is 2.31. The van der Waals surface area contributed by atoms with Gasteiger partial charge in [0.15, 0.2) is 0 Å². The summed E-state index contributed by atoms with van der Waals surface area (Å²) in [6, 6.07) is 5.48. The van der Waals surface area contributed by atoms with E-state index >= 15 is 0 Å². The summed E-state index contributed by atoms with van der Waals surface area (Å²) in [6.45, 7) is 8.14. The van der Waals surface area contributed by atoms with Crippen molar-refractivity contribution in [2.24, 2.45) is 0 Å². The molecular formula is C14H22N2O3. The number of hydrogen-bond acceptors (Lipinski definition) is 4. The van der Waals surface area contributed by atoms with E-state index in [1.807, 2.05) is 39.8 Å². The Bertz CT molecular complexity index is 439. The predicted octanol–water partition coefficient (Wildman–Crippen LogP) is 2.48. The molecule has 0 bridgehead atoms. The molecule has 0 aromatic heterocycles. The van der Waals surface area contributed by atoms with E-state index in [2.05, 4.69) is 5.32 Å². The number of ether oxygens (including phenoxy) is 2. The summed E-state index contributed by atoms with van der Waals surface area (Å²) in [5.41, 5.74) is 6.85. The first-order valence-corrected chi connectivity index (χ1v) is 6.24. The maximum absolute atomic E-state index is 11.4. The van der Waals surface area contributed by atoms with Crippen molar-refractivity contribution in [1.82, 2.24) is 5.32 Å². The number of nitrogen functional groups attached to an aromatic ring is 1. The van der Waals surface area contributed by atoms with Crippen molar-refractivity contribution in [3.05, 3.63) is 23.8 Å². The average Bonchev–Trinajstić information content (AvgIpc) is 2.26. The van der Waals surface area contributed by atoms with Crippen LogP contribution >= 0.6 is 0 Å². The van der Waals surface area contributed by atoms with Crippen LogP contribution in [-0.4, -0.2) is 24.8 Å². The molecule has 0 aliphatic carbocycles. The summed E-state index contributed by atoms with van der Waals surface area (Å²) in [7, 11) is 0. The molecular weight excluding hydrogens is 244 g/mol. The molecule has 0 aliphatic heterocycles. The molecule has 5 heteroatoms. The van der Waals surface area contributed by atoms with Crippen LogP contribution in [0.25, 0.3) is 0 Å². The summed E-state index contributed by atoms with van der Waals surface area (Å²) in [6.07, 6.45) is -0.444. The molecule has 0 atom stereocenters. The van der Waals surface area contributed by atoms with Gasteiger partial charge in [-0.1, -0.05) is 6.07 Å². The average molecular weight is 266 g/mol. The van der Waals surface area contributed by atoms with E-state index in [4.69, 9.17) is 15.2 Å². The quantitative estimate of drug-likeness (QED) is 0.648. The van der Waals surface area contributed by atoms with E-state index in [1.165, 1.54) is 0 Å². The second-order valence-electron chi connectivity index (χ2n) is 5.30. The topological polar surface area (TPSA) is 73.6 Å². The van der Waals surface area contributed by atoms with E-state index in [0.29, 0.717) is 18.8 Å². The van der Waals surface area contributed by atoms with Gasteiger partial charge in [0.1, 0.15) is 18.0 Å². The second kappa shape index (κ2) is 6.31. The van der Waals surface area contributed by atoms with Gasteiger partial charge in [-0.2, -0.15) is 0 Å². The van der Waals surface area contributed by atoms with E-state index in [-0.39, 0.29) is 0 Å². The summed E-state index contributed by atoms with van der Waals surface area (Å²) < 4.78 is 10.7. The van der Waals surface area contributed by atoms with Gasteiger partial charge in [-0.05, 0) is 39.3 Å². The Morgan fingerprint density at radius 2 is 2.05 bits per heavy atom. The highest BCUT2D eigenvalue weighted by Crippen LogP contribution is 2.20. The number of nitrogens with two attached hydrogens (primary N) is 1. The number of nitrogens with one attached hydrogen (secondary N) is 1. The van der Waals surface area contributed by atoms with Crippen LogP contribution in [0.4, 0.5) is 10.5 Å². The molecule has 0 unspecified atom stereocenters. The molecule has 0 aliphatic rings. The third-order valence-electron chi connectivity index (χ3n) is 2.24. The van der Waals surface area contributed by atoms with Crippen molar-refractivity contribution in [1.29, 1.82) is 0 Å². The zero-order valence-corrected chi connectivity index (χ0v) is 11.9. The number of alkyl carbamates (subject to hydrolysis) is 1. The van der Waals surface area contributed by atoms with Crippen molar-refractivity contribution in [2.45, 2.75) is 33.3 Å². The van der Waals surface area contributed by atoms with Crippen LogP contribution in [-0.2, 0) is 4.74 Å². The highest BCUT2D eigenvalue weighted by molar-refractivity contribution is 5.67. The van der Waals surface area contributed by atoms with Crippen LogP contribution in [0.5, 0.6) is 5.75 Å². The smallest absolute Gasteiger partial charge is 0.407 e. The third-order valence-corrected chi connectivity index (χ3v) is 2.24. The zero-order chi connectivity index (χ0) is 14.5. The number of aryl methyl sites for hydroxylation is 1. The molecule has 0 fully saturated rings. The molecule has 19 heavy (non-hydrogen) atoms. The van der Waals surface area contributed by atoms with Crippen LogP contribution in [0.1, 0.15) is 26.3 Å². The molecule has 0 heterocycles. The van der Waals surface area contributed by atoms with Crippen LogP contribution in [0.3, 0.4) is 0 Å². The standard InChI is InChI=1S/C14H22N2O3/c1-10-5-6-11(15)9-12(10)18-8-7-16-13(17)19-14(2,3)4/h5-6,9H,7-8,15H2,1-4H3,(H,16,17). The van der Waals surface area contributed by atoms with Crippen LogP contribution < -0.4 is 15.8 Å². The van der Waals surface area contributed by atoms with Crippen molar-refractivity contribution in [3.8, 4) is 5.75 Å². The highest BCUT2D eigenvalue weighted by atomic mass is 16.6. The largest absolute Gasteiger partial charge is 0.491 e. The highest BCUT2D eigenvalue weighted by Gasteiger charge is 2.15. The van der Waals surface area contributed by atoms with Gasteiger partial charge in [0, 0.05) is 11.8 Å². The van der Waals surface area contributed by atoms with E-state index < -0.39 is 11.7 Å². The first-order chi connectivity index (χ1) is 8.78. The monoisotopic (exact) mass is 266 g/mol. The summed E-state index contributed by atoms with van der Waals surface area (Å²) in [4.78, 5) is 11.4. The van der Waals surface area contributed by atoms with Gasteiger partial charge in [0.25, 0.3) is 0 Å².